The number of fused-ring (bicyclic) bond motifs is 3. The second-order valence-corrected chi connectivity index (χ2v) is 4.43. The van der Waals surface area contributed by atoms with Crippen molar-refractivity contribution in [1.29, 1.82) is 0 Å². The van der Waals surface area contributed by atoms with E-state index < -0.39 is 0 Å². The minimum atomic E-state index is 1.01. The molecular formula is C13H16N2. The number of aromatic nitrogens is 1. The molecule has 2 aromatic rings. The highest BCUT2D eigenvalue weighted by Gasteiger charge is 2.17. The number of aryl methyl sites for hydroxylation is 2. The number of rotatable bonds is 0. The van der Waals surface area contributed by atoms with Crippen LogP contribution >= 0.6 is 0 Å². The molecule has 2 heterocycles. The molecule has 0 unspecified atom stereocenters. The van der Waals surface area contributed by atoms with Crippen LogP contribution in [0.1, 0.15) is 16.8 Å². The van der Waals surface area contributed by atoms with E-state index in [9.17, 15) is 0 Å². The lowest BCUT2D eigenvalue weighted by Gasteiger charge is -2.14. The van der Waals surface area contributed by atoms with Gasteiger partial charge in [0.05, 0.1) is 0 Å². The highest BCUT2D eigenvalue weighted by atomic mass is 15.0. The molecule has 0 radical (unpaired) electrons. The molecule has 0 spiro atoms. The Balaban J connectivity index is 2.39. The van der Waals surface area contributed by atoms with Gasteiger partial charge in [-0.1, -0.05) is 11.6 Å². The molecule has 0 aliphatic carbocycles. The molecule has 0 bridgehead atoms. The van der Waals surface area contributed by atoms with Crippen molar-refractivity contribution in [3.05, 3.63) is 35.0 Å². The van der Waals surface area contributed by atoms with Gasteiger partial charge >= 0.3 is 0 Å². The van der Waals surface area contributed by atoms with E-state index in [1.54, 1.807) is 5.56 Å². The van der Waals surface area contributed by atoms with Gasteiger partial charge in [-0.05, 0) is 37.6 Å². The largest absolute Gasteiger partial charge is 0.346 e. The fraction of sp³-hybridized carbons (Fsp3) is 0.385. The molecular weight excluding hydrogens is 184 g/mol. The van der Waals surface area contributed by atoms with Gasteiger partial charge in [-0.2, -0.15) is 0 Å². The Morgan fingerprint density at radius 2 is 2.20 bits per heavy atom. The van der Waals surface area contributed by atoms with Gasteiger partial charge in [0.15, 0.2) is 0 Å². The summed E-state index contributed by atoms with van der Waals surface area (Å²) in [5, 5.41) is 4.89. The van der Waals surface area contributed by atoms with E-state index in [4.69, 9.17) is 0 Å². The van der Waals surface area contributed by atoms with E-state index in [0.29, 0.717) is 0 Å². The second-order valence-electron chi connectivity index (χ2n) is 4.43. The van der Waals surface area contributed by atoms with Crippen molar-refractivity contribution in [3.63, 3.8) is 0 Å². The molecule has 15 heavy (non-hydrogen) atoms. The molecule has 0 saturated heterocycles. The van der Waals surface area contributed by atoms with Crippen LogP contribution in [0, 0.1) is 6.92 Å². The van der Waals surface area contributed by atoms with Crippen LogP contribution in [0.5, 0.6) is 0 Å². The molecule has 1 aliphatic heterocycles. The highest BCUT2D eigenvalue weighted by molar-refractivity contribution is 5.86. The van der Waals surface area contributed by atoms with Crippen LogP contribution in [-0.2, 0) is 20.0 Å². The van der Waals surface area contributed by atoms with Gasteiger partial charge in [0, 0.05) is 30.2 Å². The first-order chi connectivity index (χ1) is 7.27. The monoisotopic (exact) mass is 200 g/mol. The maximum absolute atomic E-state index is 3.44. The van der Waals surface area contributed by atoms with Gasteiger partial charge in [0.25, 0.3) is 0 Å². The topological polar surface area (TPSA) is 17.0 Å². The zero-order valence-electron chi connectivity index (χ0n) is 9.30. The van der Waals surface area contributed by atoms with Crippen LogP contribution in [0.3, 0.4) is 0 Å². The van der Waals surface area contributed by atoms with E-state index in [2.05, 4.69) is 42.1 Å². The lowest BCUT2D eigenvalue weighted by molar-refractivity contribution is 0.614. The predicted octanol–water partition coefficient (Wildman–Crippen LogP) is 2.13. The molecule has 0 atom stereocenters. The standard InChI is InChI=1S/C13H16N2/c1-9-3-4-12-11(7-9)10-5-6-14-8-13(10)15(12)2/h3-4,7,14H,5-6,8H2,1-2H3. The Morgan fingerprint density at radius 3 is 3.07 bits per heavy atom. The maximum atomic E-state index is 3.44. The van der Waals surface area contributed by atoms with Crippen molar-refractivity contribution < 1.29 is 0 Å². The lowest BCUT2D eigenvalue weighted by atomic mass is 10.0. The third-order valence-corrected chi connectivity index (χ3v) is 3.44. The summed E-state index contributed by atoms with van der Waals surface area (Å²) in [7, 11) is 2.17. The van der Waals surface area contributed by atoms with Crippen LogP contribution in [0.2, 0.25) is 0 Å². The van der Waals surface area contributed by atoms with Gasteiger partial charge in [0.1, 0.15) is 0 Å². The van der Waals surface area contributed by atoms with Crippen molar-refractivity contribution >= 4 is 10.9 Å². The maximum Gasteiger partial charge on any atom is 0.0483 e. The summed E-state index contributed by atoms with van der Waals surface area (Å²) in [6, 6.07) is 6.75. The smallest absolute Gasteiger partial charge is 0.0483 e. The normalized spacial score (nSPS) is 15.6. The van der Waals surface area contributed by atoms with Gasteiger partial charge in [-0.25, -0.2) is 0 Å². The Bertz CT molecular complexity index is 523. The summed E-state index contributed by atoms with van der Waals surface area (Å²) in [6.07, 6.45) is 1.16. The van der Waals surface area contributed by atoms with Crippen molar-refractivity contribution in [2.75, 3.05) is 6.54 Å². The van der Waals surface area contributed by atoms with Crippen LogP contribution in [0.15, 0.2) is 18.2 Å². The molecule has 2 heteroatoms. The Hall–Kier alpha value is -1.28. The molecule has 1 aromatic heterocycles. The van der Waals surface area contributed by atoms with E-state index >= 15 is 0 Å². The fourth-order valence-corrected chi connectivity index (χ4v) is 2.61. The van der Waals surface area contributed by atoms with Crippen LogP contribution in [-0.4, -0.2) is 11.1 Å². The molecule has 2 nitrogen and oxygen atoms in total. The number of hydrogen-bond acceptors (Lipinski definition) is 1. The average Bonchev–Trinajstić information content (AvgIpc) is 2.54. The van der Waals surface area contributed by atoms with Gasteiger partial charge in [0.2, 0.25) is 0 Å². The first-order valence-electron chi connectivity index (χ1n) is 5.55. The third-order valence-electron chi connectivity index (χ3n) is 3.44. The summed E-state index contributed by atoms with van der Waals surface area (Å²) in [5.74, 6) is 0. The number of nitrogens with one attached hydrogen (secondary N) is 1. The van der Waals surface area contributed by atoms with Crippen molar-refractivity contribution in [1.82, 2.24) is 9.88 Å². The van der Waals surface area contributed by atoms with E-state index in [1.807, 2.05) is 0 Å². The van der Waals surface area contributed by atoms with Crippen LogP contribution in [0.4, 0.5) is 0 Å². The molecule has 78 valence electrons. The first-order valence-corrected chi connectivity index (χ1v) is 5.55. The summed E-state index contributed by atoms with van der Waals surface area (Å²) in [5.41, 5.74) is 5.74. The lowest BCUT2D eigenvalue weighted by Crippen LogP contribution is -2.24. The van der Waals surface area contributed by atoms with E-state index in [0.717, 1.165) is 19.5 Å². The quantitative estimate of drug-likeness (QED) is 0.689. The Morgan fingerprint density at radius 1 is 1.33 bits per heavy atom. The molecule has 1 aromatic carbocycles. The summed E-state index contributed by atoms with van der Waals surface area (Å²) in [6.45, 7) is 4.29. The summed E-state index contributed by atoms with van der Waals surface area (Å²) in [4.78, 5) is 0. The molecule has 0 fully saturated rings. The van der Waals surface area contributed by atoms with Gasteiger partial charge < -0.3 is 9.88 Å². The van der Waals surface area contributed by atoms with Crippen molar-refractivity contribution in [2.45, 2.75) is 19.9 Å². The fourth-order valence-electron chi connectivity index (χ4n) is 2.61. The van der Waals surface area contributed by atoms with E-state index in [-0.39, 0.29) is 0 Å². The summed E-state index contributed by atoms with van der Waals surface area (Å²) >= 11 is 0. The minimum Gasteiger partial charge on any atom is -0.346 e. The number of hydrogen-bond donors (Lipinski definition) is 1. The predicted molar refractivity (Wildman–Crippen MR) is 63.1 cm³/mol. The molecule has 1 aliphatic rings. The van der Waals surface area contributed by atoms with Crippen LogP contribution in [0.25, 0.3) is 10.9 Å². The number of benzene rings is 1. The Labute approximate surface area is 89.9 Å². The number of nitrogens with zero attached hydrogens (tertiary/aromatic N) is 1. The molecule has 0 saturated carbocycles. The first kappa shape index (κ1) is 8.98. The van der Waals surface area contributed by atoms with Crippen LogP contribution < -0.4 is 5.32 Å². The average molecular weight is 200 g/mol. The second kappa shape index (κ2) is 3.11. The van der Waals surface area contributed by atoms with Gasteiger partial charge in [-0.15, -0.1) is 0 Å². The third kappa shape index (κ3) is 1.21. The highest BCUT2D eigenvalue weighted by Crippen LogP contribution is 2.28. The van der Waals surface area contributed by atoms with E-state index in [1.165, 1.54) is 22.2 Å². The molecule has 1 N–H and O–H groups in total. The van der Waals surface area contributed by atoms with Crippen molar-refractivity contribution in [3.8, 4) is 0 Å². The molecule has 3 rings (SSSR count). The van der Waals surface area contributed by atoms with Crippen molar-refractivity contribution in [2.24, 2.45) is 7.05 Å². The van der Waals surface area contributed by atoms with Gasteiger partial charge in [-0.3, -0.25) is 0 Å². The molecule has 0 amide bonds. The zero-order chi connectivity index (χ0) is 10.4. The zero-order valence-corrected chi connectivity index (χ0v) is 9.30. The SMILES string of the molecule is Cc1ccc2c(c1)c1c(n2C)CNCC1. The Kier molecular flexibility index (Phi) is 1.86. The summed E-state index contributed by atoms with van der Waals surface area (Å²) < 4.78 is 2.33. The minimum absolute atomic E-state index is 1.01.